The molecular weight excluding hydrogens is 396 g/mol. The van der Waals surface area contributed by atoms with Crippen molar-refractivity contribution in [3.63, 3.8) is 0 Å². The van der Waals surface area contributed by atoms with Gasteiger partial charge in [0.15, 0.2) is 0 Å². The largest absolute Gasteiger partial charge is 0.508 e. The summed E-state index contributed by atoms with van der Waals surface area (Å²) in [6.07, 6.45) is 5.58. The highest BCUT2D eigenvalue weighted by Crippen LogP contribution is 2.45. The lowest BCUT2D eigenvalue weighted by atomic mass is 9.99. The van der Waals surface area contributed by atoms with Gasteiger partial charge in [-0.3, -0.25) is 4.98 Å². The Morgan fingerprint density at radius 2 is 1.87 bits per heavy atom. The molecule has 2 aromatic carbocycles. The van der Waals surface area contributed by atoms with Gasteiger partial charge in [0.1, 0.15) is 10.8 Å². The van der Waals surface area contributed by atoms with Crippen LogP contribution >= 0.6 is 11.3 Å². The van der Waals surface area contributed by atoms with Gasteiger partial charge in [0.25, 0.3) is 0 Å². The lowest BCUT2D eigenvalue weighted by Crippen LogP contribution is -2.00. The SMILES string of the molecule is O=C(O)c1cc(-c2nc(-c3ccc(C4CC4)c(O)c3)cs2)ccc1-c1cccnc1. The second-order valence-electron chi connectivity index (χ2n) is 7.39. The van der Waals surface area contributed by atoms with Gasteiger partial charge in [0.05, 0.1) is 11.3 Å². The van der Waals surface area contributed by atoms with Crippen molar-refractivity contribution in [2.45, 2.75) is 18.8 Å². The van der Waals surface area contributed by atoms with E-state index in [0.717, 1.165) is 45.8 Å². The molecule has 1 saturated carbocycles. The Hall–Kier alpha value is -3.51. The summed E-state index contributed by atoms with van der Waals surface area (Å²) in [6, 6.07) is 14.7. The zero-order chi connectivity index (χ0) is 20.7. The normalized spacial score (nSPS) is 13.3. The first-order valence-corrected chi connectivity index (χ1v) is 10.5. The van der Waals surface area contributed by atoms with E-state index in [4.69, 9.17) is 0 Å². The summed E-state index contributed by atoms with van der Waals surface area (Å²) in [6.45, 7) is 0. The van der Waals surface area contributed by atoms with Crippen molar-refractivity contribution in [3.05, 3.63) is 77.4 Å². The number of phenolic OH excluding ortho intramolecular Hbond substituents is 1. The topological polar surface area (TPSA) is 83.3 Å². The fourth-order valence-corrected chi connectivity index (χ4v) is 4.44. The van der Waals surface area contributed by atoms with Crippen LogP contribution in [0.25, 0.3) is 33.0 Å². The third-order valence-corrected chi connectivity index (χ3v) is 6.21. The van der Waals surface area contributed by atoms with Crippen molar-refractivity contribution >= 4 is 17.3 Å². The molecule has 0 spiro atoms. The Kier molecular flexibility index (Phi) is 4.56. The maximum absolute atomic E-state index is 11.9. The van der Waals surface area contributed by atoms with Crippen molar-refractivity contribution in [3.8, 4) is 38.7 Å². The summed E-state index contributed by atoms with van der Waals surface area (Å²) in [4.78, 5) is 20.6. The third kappa shape index (κ3) is 3.46. The molecule has 2 aromatic heterocycles. The second-order valence-corrected chi connectivity index (χ2v) is 8.25. The van der Waals surface area contributed by atoms with Gasteiger partial charge in [0.2, 0.25) is 0 Å². The number of aromatic hydroxyl groups is 1. The molecule has 148 valence electrons. The van der Waals surface area contributed by atoms with Crippen LogP contribution in [0, 0.1) is 0 Å². The van der Waals surface area contributed by atoms with Crippen molar-refractivity contribution in [2.75, 3.05) is 0 Å². The van der Waals surface area contributed by atoms with Gasteiger partial charge >= 0.3 is 5.97 Å². The van der Waals surface area contributed by atoms with Gasteiger partial charge in [-0.05, 0) is 48.1 Å². The molecular formula is C24H18N2O3S. The highest BCUT2D eigenvalue weighted by Gasteiger charge is 2.26. The van der Waals surface area contributed by atoms with Crippen LogP contribution in [0.5, 0.6) is 5.75 Å². The number of carboxylic acids is 1. The summed E-state index contributed by atoms with van der Waals surface area (Å²) >= 11 is 1.45. The van der Waals surface area contributed by atoms with Crippen LogP contribution in [-0.4, -0.2) is 26.2 Å². The third-order valence-electron chi connectivity index (χ3n) is 5.32. The molecule has 0 amide bonds. The van der Waals surface area contributed by atoms with E-state index in [1.165, 1.54) is 11.3 Å². The number of nitrogens with zero attached hydrogens (tertiary/aromatic N) is 2. The second kappa shape index (κ2) is 7.39. The van der Waals surface area contributed by atoms with E-state index in [1.807, 2.05) is 29.6 Å². The molecule has 0 radical (unpaired) electrons. The highest BCUT2D eigenvalue weighted by molar-refractivity contribution is 7.13. The first-order valence-electron chi connectivity index (χ1n) is 9.67. The Morgan fingerprint density at radius 1 is 1.03 bits per heavy atom. The van der Waals surface area contributed by atoms with Crippen LogP contribution in [0.3, 0.4) is 0 Å². The zero-order valence-electron chi connectivity index (χ0n) is 15.9. The number of hydrogen-bond donors (Lipinski definition) is 2. The van der Waals surface area contributed by atoms with E-state index < -0.39 is 5.97 Å². The minimum atomic E-state index is -0.993. The number of benzene rings is 2. The van der Waals surface area contributed by atoms with E-state index in [1.54, 1.807) is 36.7 Å². The van der Waals surface area contributed by atoms with Gasteiger partial charge in [-0.1, -0.05) is 30.3 Å². The van der Waals surface area contributed by atoms with Crippen molar-refractivity contribution in [1.82, 2.24) is 9.97 Å². The minimum absolute atomic E-state index is 0.212. The van der Waals surface area contributed by atoms with Crippen LogP contribution in [0.4, 0.5) is 0 Å². The standard InChI is InChI=1S/C24H18N2O3S/c27-22-11-15(5-8-19(22)14-3-4-14)21-13-30-23(26-21)16-6-7-18(20(10-16)24(28)29)17-2-1-9-25-12-17/h1-2,5-14,27H,3-4H2,(H,28,29). The number of carbonyl (C=O) groups is 1. The smallest absolute Gasteiger partial charge is 0.336 e. The molecule has 5 nitrogen and oxygen atoms in total. The summed E-state index contributed by atoms with van der Waals surface area (Å²) in [5.41, 5.74) is 4.96. The predicted molar refractivity (Wildman–Crippen MR) is 117 cm³/mol. The van der Waals surface area contributed by atoms with Crippen molar-refractivity contribution in [1.29, 1.82) is 0 Å². The Labute approximate surface area is 177 Å². The maximum atomic E-state index is 11.9. The lowest BCUT2D eigenvalue weighted by Gasteiger charge is -2.08. The van der Waals surface area contributed by atoms with E-state index >= 15 is 0 Å². The lowest BCUT2D eigenvalue weighted by molar-refractivity contribution is 0.0697. The molecule has 0 unspecified atom stereocenters. The van der Waals surface area contributed by atoms with Crippen LogP contribution in [0.2, 0.25) is 0 Å². The molecule has 0 saturated heterocycles. The van der Waals surface area contributed by atoms with Gasteiger partial charge in [-0.15, -0.1) is 11.3 Å². The summed E-state index contributed by atoms with van der Waals surface area (Å²) in [7, 11) is 0. The highest BCUT2D eigenvalue weighted by atomic mass is 32.1. The molecule has 1 aliphatic carbocycles. The zero-order valence-corrected chi connectivity index (χ0v) is 16.8. The fourth-order valence-electron chi connectivity index (χ4n) is 3.61. The predicted octanol–water partition coefficient (Wildman–Crippen LogP) is 5.82. The van der Waals surface area contributed by atoms with E-state index in [9.17, 15) is 15.0 Å². The Balaban J connectivity index is 1.49. The van der Waals surface area contributed by atoms with Gasteiger partial charge < -0.3 is 10.2 Å². The minimum Gasteiger partial charge on any atom is -0.508 e. The molecule has 6 heteroatoms. The molecule has 0 atom stereocenters. The molecule has 30 heavy (non-hydrogen) atoms. The molecule has 0 aliphatic heterocycles. The average Bonchev–Trinajstić information content (AvgIpc) is 3.49. The number of rotatable bonds is 5. The number of carboxylic acid groups (broad SMARTS) is 1. The molecule has 0 bridgehead atoms. The molecule has 2 N–H and O–H groups in total. The van der Waals surface area contributed by atoms with Gasteiger partial charge in [-0.25, -0.2) is 9.78 Å². The van der Waals surface area contributed by atoms with Gasteiger partial charge in [-0.2, -0.15) is 0 Å². The fraction of sp³-hybridized carbons (Fsp3) is 0.125. The summed E-state index contributed by atoms with van der Waals surface area (Å²) in [5, 5.41) is 22.7. The maximum Gasteiger partial charge on any atom is 0.336 e. The van der Waals surface area contributed by atoms with Crippen molar-refractivity contribution < 1.29 is 15.0 Å². The van der Waals surface area contributed by atoms with E-state index in [0.29, 0.717) is 17.2 Å². The van der Waals surface area contributed by atoms with Gasteiger partial charge in [0, 0.05) is 34.5 Å². The number of aromatic carboxylic acids is 1. The van der Waals surface area contributed by atoms with Crippen molar-refractivity contribution in [2.24, 2.45) is 0 Å². The van der Waals surface area contributed by atoms with E-state index in [2.05, 4.69) is 9.97 Å². The van der Waals surface area contributed by atoms with Crippen LogP contribution in [0.15, 0.2) is 66.3 Å². The van der Waals surface area contributed by atoms with Crippen LogP contribution < -0.4 is 0 Å². The number of aromatic nitrogens is 2. The number of pyridine rings is 1. The summed E-state index contributed by atoms with van der Waals surface area (Å²) < 4.78 is 0. The number of thiazole rings is 1. The molecule has 5 rings (SSSR count). The molecule has 2 heterocycles. The first-order chi connectivity index (χ1) is 14.6. The van der Waals surface area contributed by atoms with Crippen LogP contribution in [0.1, 0.15) is 34.7 Å². The van der Waals surface area contributed by atoms with E-state index in [-0.39, 0.29) is 5.56 Å². The van der Waals surface area contributed by atoms with Crippen LogP contribution in [-0.2, 0) is 0 Å². The molecule has 1 fully saturated rings. The molecule has 1 aliphatic rings. The average molecular weight is 414 g/mol. The monoisotopic (exact) mass is 414 g/mol. The number of hydrogen-bond acceptors (Lipinski definition) is 5. The quantitative estimate of drug-likeness (QED) is 0.430. The number of phenols is 1. The Morgan fingerprint density at radius 3 is 2.57 bits per heavy atom. The summed E-state index contributed by atoms with van der Waals surface area (Å²) in [5.74, 6) is -0.190. The molecule has 4 aromatic rings. The Bertz CT molecular complexity index is 1250. The first kappa shape index (κ1) is 18.5.